The van der Waals surface area contributed by atoms with Crippen molar-refractivity contribution in [2.45, 2.75) is 12.2 Å². The lowest BCUT2D eigenvalue weighted by Crippen LogP contribution is -2.20. The predicted molar refractivity (Wildman–Crippen MR) is 82.2 cm³/mol. The third-order valence-corrected chi connectivity index (χ3v) is 4.06. The van der Waals surface area contributed by atoms with E-state index in [4.69, 9.17) is 6.94 Å². The lowest BCUT2D eigenvalue weighted by atomic mass is 10.1. The number of H-pyrrole nitrogens is 1. The molecular weight excluding hydrogens is 274 g/mol. The molecule has 0 bridgehead atoms. The maximum absolute atomic E-state index is 12.1. The van der Waals surface area contributed by atoms with Gasteiger partial charge in [0, 0.05) is 27.8 Å². The summed E-state index contributed by atoms with van der Waals surface area (Å²) in [5.41, 5.74) is 1.94. The highest BCUT2D eigenvalue weighted by Gasteiger charge is 2.11. The fraction of sp³-hybridized carbons (Fsp3) is 0.429. The van der Waals surface area contributed by atoms with Crippen molar-refractivity contribution in [2.24, 2.45) is 0 Å². The summed E-state index contributed by atoms with van der Waals surface area (Å²) in [7, 11) is -0.416. The Bertz CT molecular complexity index is 861. The molecule has 0 spiro atoms. The Morgan fingerprint density at radius 3 is 3.00 bits per heavy atom. The van der Waals surface area contributed by atoms with E-state index in [1.807, 2.05) is 19.0 Å². The molecule has 110 valence electrons. The summed E-state index contributed by atoms with van der Waals surface area (Å²) >= 11 is 0. The molecule has 0 aliphatic carbocycles. The quantitative estimate of drug-likeness (QED) is 0.845. The van der Waals surface area contributed by atoms with E-state index in [2.05, 4.69) is 0 Å². The molecule has 2 N–H and O–H groups in total. The van der Waals surface area contributed by atoms with Crippen LogP contribution in [0.4, 0.5) is 0 Å². The number of hydrogen-bond donors (Lipinski definition) is 2. The van der Waals surface area contributed by atoms with Gasteiger partial charge in [-0.05, 0) is 50.8 Å². The molecule has 5 nitrogen and oxygen atoms in total. The topological polar surface area (TPSA) is 65.2 Å². The molecule has 1 heterocycles. The summed E-state index contributed by atoms with van der Waals surface area (Å²) in [4.78, 5) is 3.24. The number of aromatic nitrogens is 1. The van der Waals surface area contributed by atoms with Crippen molar-refractivity contribution in [3.63, 3.8) is 0 Å². The van der Waals surface area contributed by atoms with Gasteiger partial charge in [-0.3, -0.25) is 0 Å². The van der Waals surface area contributed by atoms with E-state index in [0.717, 1.165) is 17.5 Å². The highest BCUT2D eigenvalue weighted by Crippen LogP contribution is 2.21. The van der Waals surface area contributed by atoms with Crippen LogP contribution in [0.3, 0.4) is 0 Å². The zero-order valence-corrected chi connectivity index (χ0v) is 12.3. The number of hydrogen-bond acceptors (Lipinski definition) is 3. The Labute approximate surface area is 127 Å². The Morgan fingerprint density at radius 1 is 1.50 bits per heavy atom. The third-order valence-electron chi connectivity index (χ3n) is 3.08. The largest absolute Gasteiger partial charge is 0.361 e. The van der Waals surface area contributed by atoms with Crippen LogP contribution in [0, 0.1) is 0 Å². The molecule has 0 amide bonds. The number of likely N-dealkylation sites (N-methyl/N-ethyl adjacent to an activating group) is 1. The van der Waals surface area contributed by atoms with Crippen LogP contribution in [0.2, 0.25) is 2.82 Å². The molecule has 0 aliphatic heterocycles. The third kappa shape index (κ3) is 3.59. The van der Waals surface area contributed by atoms with Crippen molar-refractivity contribution in [3.05, 3.63) is 35.5 Å². The fourth-order valence-corrected chi connectivity index (χ4v) is 2.71. The molecule has 2 rings (SSSR count). The molecular formula is C14H21N3O2S. The number of nitrogens with zero attached hydrogens (tertiary/aromatic N) is 1. The summed E-state index contributed by atoms with van der Waals surface area (Å²) in [6.45, 7) is -2.26. The maximum atomic E-state index is 12.1. The number of aromatic amines is 1. The Hall–Kier alpha value is -1.37. The first-order valence-electron chi connectivity index (χ1n) is 8.60. The highest BCUT2D eigenvalue weighted by atomic mass is 32.2. The average Bonchev–Trinajstić information content (AvgIpc) is 2.79. The summed E-state index contributed by atoms with van der Waals surface area (Å²) in [5, 5.41) is 0.759. The zero-order chi connectivity index (χ0) is 19.0. The van der Waals surface area contributed by atoms with Crippen LogP contribution in [-0.2, 0) is 22.2 Å². The average molecular weight is 300 g/mol. The number of nitrogens with one attached hydrogen (secondary N) is 2. The van der Waals surface area contributed by atoms with Crippen LogP contribution in [0.15, 0.2) is 24.4 Å². The molecule has 1 aromatic carbocycles. The van der Waals surface area contributed by atoms with Crippen molar-refractivity contribution in [1.29, 1.82) is 0 Å². The molecule has 0 radical (unpaired) electrons. The van der Waals surface area contributed by atoms with Crippen molar-refractivity contribution < 1.29 is 15.4 Å². The Kier molecular flexibility index (Phi) is 2.84. The molecule has 0 fully saturated rings. The smallest absolute Gasteiger partial charge is 0.215 e. The Balaban J connectivity index is 2.36. The molecule has 0 saturated carbocycles. The predicted octanol–water partition coefficient (Wildman–Crippen LogP) is 1.32. The van der Waals surface area contributed by atoms with Gasteiger partial charge in [-0.1, -0.05) is 6.07 Å². The first-order chi connectivity index (χ1) is 11.4. The van der Waals surface area contributed by atoms with Crippen LogP contribution in [0.25, 0.3) is 10.9 Å². The zero-order valence-electron chi connectivity index (χ0n) is 16.5. The molecule has 20 heavy (non-hydrogen) atoms. The van der Waals surface area contributed by atoms with Gasteiger partial charge in [0.2, 0.25) is 10.0 Å². The van der Waals surface area contributed by atoms with E-state index in [-0.39, 0.29) is 4.72 Å². The van der Waals surface area contributed by atoms with Gasteiger partial charge >= 0.3 is 0 Å². The lowest BCUT2D eigenvalue weighted by molar-refractivity contribution is 0.414. The highest BCUT2D eigenvalue weighted by molar-refractivity contribution is 7.88. The molecule has 6 heteroatoms. The normalized spacial score (nSPS) is 16.9. The number of fused-ring (bicyclic) bond motifs is 1. The van der Waals surface area contributed by atoms with Gasteiger partial charge in [0.15, 0.2) is 1.41 Å². The van der Waals surface area contributed by atoms with Crippen molar-refractivity contribution in [2.75, 3.05) is 27.6 Å². The van der Waals surface area contributed by atoms with Crippen molar-refractivity contribution in [1.82, 2.24) is 14.6 Å². The molecule has 1 aromatic heterocycles. The second-order valence-corrected chi connectivity index (χ2v) is 6.64. The minimum atomic E-state index is -4.30. The van der Waals surface area contributed by atoms with E-state index < -0.39 is 22.8 Å². The first kappa shape index (κ1) is 9.55. The summed E-state index contributed by atoms with van der Waals surface area (Å²) in [6, 6.07) is 4.82. The Morgan fingerprint density at radius 2 is 2.30 bits per heavy atom. The van der Waals surface area contributed by atoms with Crippen LogP contribution in [0.1, 0.15) is 15.2 Å². The standard InChI is InChI=1S/C14H21N3O2S/c1-15-20(18,19)10-11-4-5-14-13(8-11)12(9-16-14)6-7-17(2)3/h4-5,8-9,15-16H,6-7,10H2,1-3H3/i1D3/hD2. The summed E-state index contributed by atoms with van der Waals surface area (Å²) < 4.78 is 60.4. The van der Waals surface area contributed by atoms with Gasteiger partial charge in [-0.2, -0.15) is 0 Å². The lowest BCUT2D eigenvalue weighted by Gasteiger charge is -2.08. The number of rotatable bonds is 6. The van der Waals surface area contributed by atoms with Crippen LogP contribution in [0.5, 0.6) is 0 Å². The van der Waals surface area contributed by atoms with E-state index >= 15 is 0 Å². The van der Waals surface area contributed by atoms with E-state index in [0.29, 0.717) is 17.5 Å². The van der Waals surface area contributed by atoms with Crippen LogP contribution >= 0.6 is 0 Å². The number of benzene rings is 1. The van der Waals surface area contributed by atoms with Gasteiger partial charge in [0.05, 0.1) is 5.75 Å². The van der Waals surface area contributed by atoms with Gasteiger partial charge in [0.25, 0.3) is 0 Å². The second kappa shape index (κ2) is 5.95. The maximum Gasteiger partial charge on any atom is 0.215 e. The molecule has 0 unspecified atom stereocenters. The van der Waals surface area contributed by atoms with Gasteiger partial charge in [-0.15, -0.1) is 0 Å². The SMILES string of the molecule is [2H]N(C([2H])([2H])[2H])S(=O)(=O)Cc1ccc2c(c1)c(CCN(C)C)cn2[2H]. The molecule has 2 aromatic rings. The number of sulfonamides is 1. The molecule has 0 atom stereocenters. The monoisotopic (exact) mass is 300 g/mol. The molecule has 0 saturated heterocycles. The van der Waals surface area contributed by atoms with Gasteiger partial charge < -0.3 is 9.88 Å². The molecule has 0 aliphatic rings. The van der Waals surface area contributed by atoms with E-state index in [1.165, 1.54) is 11.0 Å². The van der Waals surface area contributed by atoms with Gasteiger partial charge in [-0.25, -0.2) is 13.1 Å². The minimum absolute atomic E-state index is 0.327. The van der Waals surface area contributed by atoms with E-state index in [9.17, 15) is 8.42 Å². The summed E-state index contributed by atoms with van der Waals surface area (Å²) in [5.74, 6) is -0.582. The van der Waals surface area contributed by atoms with Crippen LogP contribution in [-0.4, -0.2) is 45.9 Å². The second-order valence-electron chi connectivity index (χ2n) is 5.01. The van der Waals surface area contributed by atoms with Crippen molar-refractivity contribution in [3.8, 4) is 0 Å². The minimum Gasteiger partial charge on any atom is -0.361 e. The first-order valence-corrected chi connectivity index (χ1v) is 7.81. The summed E-state index contributed by atoms with van der Waals surface area (Å²) in [6.07, 6.45) is 2.39. The van der Waals surface area contributed by atoms with Gasteiger partial charge in [0.1, 0.15) is 1.41 Å². The van der Waals surface area contributed by atoms with Crippen LogP contribution < -0.4 is 4.72 Å². The fourth-order valence-electron chi connectivity index (χ4n) is 2.05. The van der Waals surface area contributed by atoms with Crippen molar-refractivity contribution >= 4 is 20.9 Å². The van der Waals surface area contributed by atoms with E-state index in [1.54, 1.807) is 18.3 Å².